The van der Waals surface area contributed by atoms with Crippen LogP contribution >= 0.6 is 0 Å². The van der Waals surface area contributed by atoms with E-state index >= 15 is 0 Å². The predicted octanol–water partition coefficient (Wildman–Crippen LogP) is 0.908. The van der Waals surface area contributed by atoms with Gasteiger partial charge in [-0.1, -0.05) is 20.8 Å². The van der Waals surface area contributed by atoms with Crippen LogP contribution in [-0.4, -0.2) is 69.5 Å². The molecule has 0 aromatic rings. The Hall–Kier alpha value is -0.210. The van der Waals surface area contributed by atoms with Crippen LogP contribution in [0.15, 0.2) is 0 Å². The number of hydrogen-bond donors (Lipinski definition) is 1. The Labute approximate surface area is 124 Å². The van der Waals surface area contributed by atoms with Crippen molar-refractivity contribution < 1.29 is 13.2 Å². The van der Waals surface area contributed by atoms with Gasteiger partial charge >= 0.3 is 0 Å². The molecule has 0 heterocycles. The van der Waals surface area contributed by atoms with Crippen molar-refractivity contribution in [1.82, 2.24) is 13.9 Å². The number of likely N-dealkylation sites (N-methyl/N-ethyl adjacent to an activating group) is 1. The fraction of sp³-hybridized carbons (Fsp3) is 1.00. The van der Waals surface area contributed by atoms with Crippen molar-refractivity contribution in [2.24, 2.45) is 0 Å². The number of hydrogen-bond acceptors (Lipinski definition) is 4. The lowest BCUT2D eigenvalue weighted by Crippen LogP contribution is -2.48. The van der Waals surface area contributed by atoms with E-state index in [9.17, 15) is 8.42 Å². The summed E-state index contributed by atoms with van der Waals surface area (Å²) in [6.45, 7) is 10.0. The Balaban J connectivity index is 4.50. The Bertz CT molecular complexity index is 347. The molecule has 0 aromatic carbocycles. The third-order valence-electron chi connectivity index (χ3n) is 3.10. The molecule has 0 saturated carbocycles. The third-order valence-corrected chi connectivity index (χ3v) is 5.28. The first-order valence-electron chi connectivity index (χ1n) is 7.22. The molecule has 0 spiro atoms. The molecule has 122 valence electrons. The number of methoxy groups -OCH3 is 1. The van der Waals surface area contributed by atoms with E-state index in [1.54, 1.807) is 14.2 Å². The Morgan fingerprint density at radius 2 is 1.85 bits per heavy atom. The highest BCUT2D eigenvalue weighted by atomic mass is 32.2. The van der Waals surface area contributed by atoms with Crippen LogP contribution < -0.4 is 5.32 Å². The second-order valence-electron chi connectivity index (χ2n) is 5.30. The molecule has 0 saturated heterocycles. The Kier molecular flexibility index (Phi) is 9.58. The van der Waals surface area contributed by atoms with Crippen LogP contribution in [0.5, 0.6) is 0 Å². The van der Waals surface area contributed by atoms with E-state index in [1.807, 2.05) is 13.8 Å². The summed E-state index contributed by atoms with van der Waals surface area (Å²) in [4.78, 5) is 0. The van der Waals surface area contributed by atoms with Gasteiger partial charge in [-0.2, -0.15) is 17.0 Å². The van der Waals surface area contributed by atoms with Crippen molar-refractivity contribution in [3.63, 3.8) is 0 Å². The van der Waals surface area contributed by atoms with Gasteiger partial charge < -0.3 is 10.1 Å². The van der Waals surface area contributed by atoms with Crippen LogP contribution in [0, 0.1) is 0 Å². The van der Waals surface area contributed by atoms with Gasteiger partial charge in [-0.05, 0) is 19.9 Å². The lowest BCUT2D eigenvalue weighted by atomic mass is 10.3. The van der Waals surface area contributed by atoms with Crippen molar-refractivity contribution in [2.45, 2.75) is 46.2 Å². The molecule has 0 bridgehead atoms. The van der Waals surface area contributed by atoms with Crippen molar-refractivity contribution in [3.8, 4) is 0 Å². The van der Waals surface area contributed by atoms with E-state index in [1.165, 1.54) is 8.61 Å². The van der Waals surface area contributed by atoms with Crippen molar-refractivity contribution in [3.05, 3.63) is 0 Å². The molecule has 0 fully saturated rings. The molecule has 0 aromatic heterocycles. The van der Waals surface area contributed by atoms with Crippen LogP contribution in [0.3, 0.4) is 0 Å². The summed E-state index contributed by atoms with van der Waals surface area (Å²) in [6, 6.07) is 0.261. The van der Waals surface area contributed by atoms with Gasteiger partial charge in [0.05, 0.1) is 6.61 Å². The number of nitrogens with zero attached hydrogens (tertiary/aromatic N) is 2. The third kappa shape index (κ3) is 6.49. The lowest BCUT2D eigenvalue weighted by Gasteiger charge is -2.30. The van der Waals surface area contributed by atoms with Gasteiger partial charge in [0.15, 0.2) is 0 Å². The van der Waals surface area contributed by atoms with Crippen LogP contribution in [0.25, 0.3) is 0 Å². The van der Waals surface area contributed by atoms with Gasteiger partial charge in [-0.25, -0.2) is 0 Å². The first-order chi connectivity index (χ1) is 9.27. The van der Waals surface area contributed by atoms with Crippen LogP contribution in [-0.2, 0) is 14.9 Å². The van der Waals surface area contributed by atoms with Crippen LogP contribution in [0.2, 0.25) is 0 Å². The molecule has 0 aliphatic carbocycles. The standard InChI is InChI=1S/C13H31N3O3S/c1-7-16(13(4)11-19-6)20(17,18)15(5)10-8-9-14-12(2)3/h12-14H,7-11H2,1-6H3. The van der Waals surface area contributed by atoms with Gasteiger partial charge in [0.25, 0.3) is 10.2 Å². The van der Waals surface area contributed by atoms with E-state index in [4.69, 9.17) is 4.74 Å². The van der Waals surface area contributed by atoms with Gasteiger partial charge in [-0.15, -0.1) is 0 Å². The van der Waals surface area contributed by atoms with E-state index in [0.29, 0.717) is 25.7 Å². The minimum absolute atomic E-state index is 0.161. The molecule has 1 atom stereocenters. The highest BCUT2D eigenvalue weighted by Crippen LogP contribution is 2.11. The van der Waals surface area contributed by atoms with Gasteiger partial charge in [0.2, 0.25) is 0 Å². The van der Waals surface area contributed by atoms with Crippen molar-refractivity contribution in [2.75, 3.05) is 40.4 Å². The molecular formula is C13H31N3O3S. The zero-order valence-electron chi connectivity index (χ0n) is 13.7. The lowest BCUT2D eigenvalue weighted by molar-refractivity contribution is 0.139. The fourth-order valence-corrected chi connectivity index (χ4v) is 3.57. The van der Waals surface area contributed by atoms with E-state index < -0.39 is 10.2 Å². The minimum atomic E-state index is -3.41. The first kappa shape index (κ1) is 19.8. The van der Waals surface area contributed by atoms with Crippen LogP contribution in [0.1, 0.15) is 34.1 Å². The maximum atomic E-state index is 12.5. The number of ether oxygens (including phenoxy) is 1. The number of rotatable bonds is 11. The molecular weight excluding hydrogens is 278 g/mol. The average Bonchev–Trinajstić information content (AvgIpc) is 2.34. The SMILES string of the molecule is CCN(C(C)COC)S(=O)(=O)N(C)CCCNC(C)C. The summed E-state index contributed by atoms with van der Waals surface area (Å²) >= 11 is 0. The highest BCUT2D eigenvalue weighted by Gasteiger charge is 2.29. The molecule has 7 heteroatoms. The smallest absolute Gasteiger partial charge is 0.282 e. The van der Waals surface area contributed by atoms with Gasteiger partial charge in [0.1, 0.15) is 0 Å². The highest BCUT2D eigenvalue weighted by molar-refractivity contribution is 7.86. The van der Waals surface area contributed by atoms with Crippen LogP contribution in [0.4, 0.5) is 0 Å². The largest absolute Gasteiger partial charge is 0.383 e. The minimum Gasteiger partial charge on any atom is -0.383 e. The topological polar surface area (TPSA) is 61.9 Å². The first-order valence-corrected chi connectivity index (χ1v) is 8.62. The molecule has 0 radical (unpaired) electrons. The summed E-state index contributed by atoms with van der Waals surface area (Å²) in [7, 11) is -0.201. The molecule has 0 rings (SSSR count). The summed E-state index contributed by atoms with van der Waals surface area (Å²) in [6.07, 6.45) is 0.796. The summed E-state index contributed by atoms with van der Waals surface area (Å²) < 4.78 is 32.9. The van der Waals surface area contributed by atoms with E-state index in [-0.39, 0.29) is 6.04 Å². The molecule has 0 aliphatic rings. The molecule has 6 nitrogen and oxygen atoms in total. The number of nitrogens with one attached hydrogen (secondary N) is 1. The maximum Gasteiger partial charge on any atom is 0.282 e. The Morgan fingerprint density at radius 3 is 2.30 bits per heavy atom. The summed E-state index contributed by atoms with van der Waals surface area (Å²) in [5.74, 6) is 0. The van der Waals surface area contributed by atoms with Gasteiger partial charge in [0, 0.05) is 39.3 Å². The Morgan fingerprint density at radius 1 is 1.25 bits per heavy atom. The predicted molar refractivity (Wildman–Crippen MR) is 83.0 cm³/mol. The quantitative estimate of drug-likeness (QED) is 0.576. The fourth-order valence-electron chi connectivity index (χ4n) is 2.01. The second-order valence-corrected chi connectivity index (χ2v) is 7.29. The molecule has 1 N–H and O–H groups in total. The van der Waals surface area contributed by atoms with Gasteiger partial charge in [-0.3, -0.25) is 0 Å². The zero-order chi connectivity index (χ0) is 15.8. The molecule has 0 aliphatic heterocycles. The molecule has 0 amide bonds. The monoisotopic (exact) mass is 309 g/mol. The van der Waals surface area contributed by atoms with E-state index in [0.717, 1.165) is 13.0 Å². The maximum absolute atomic E-state index is 12.5. The summed E-state index contributed by atoms with van der Waals surface area (Å²) in [5, 5.41) is 3.28. The molecule has 20 heavy (non-hydrogen) atoms. The van der Waals surface area contributed by atoms with Crippen molar-refractivity contribution in [1.29, 1.82) is 0 Å². The summed E-state index contributed by atoms with van der Waals surface area (Å²) in [5.41, 5.74) is 0. The molecule has 1 unspecified atom stereocenters. The average molecular weight is 309 g/mol. The zero-order valence-corrected chi connectivity index (χ0v) is 14.5. The van der Waals surface area contributed by atoms with Crippen molar-refractivity contribution >= 4 is 10.2 Å². The second kappa shape index (κ2) is 9.68. The van der Waals surface area contributed by atoms with E-state index in [2.05, 4.69) is 19.2 Å². The normalized spacial score (nSPS) is 14.4.